The molecule has 0 fully saturated rings. The number of halogens is 4. The molecule has 1 aromatic heterocycles. The molecule has 0 atom stereocenters. The summed E-state index contributed by atoms with van der Waals surface area (Å²) in [5, 5.41) is 5.08. The van der Waals surface area contributed by atoms with E-state index < -0.39 is 36.0 Å². The lowest BCUT2D eigenvalue weighted by molar-refractivity contribution is -0.137. The summed E-state index contributed by atoms with van der Waals surface area (Å²) in [5.41, 5.74) is -0.558. The Morgan fingerprint density at radius 2 is 1.71 bits per heavy atom. The van der Waals surface area contributed by atoms with Crippen LogP contribution in [0.25, 0.3) is 0 Å². The van der Waals surface area contributed by atoms with Gasteiger partial charge < -0.3 is 15.4 Å². The minimum absolute atomic E-state index is 0.0363. The summed E-state index contributed by atoms with van der Waals surface area (Å²) < 4.78 is 56.5. The fraction of sp³-hybridized carbons (Fsp3) is 0.0952. The zero-order valence-corrected chi connectivity index (χ0v) is 15.7. The minimum Gasteiger partial charge on any atom is -0.452 e. The molecule has 10 heteroatoms. The van der Waals surface area contributed by atoms with E-state index >= 15 is 0 Å². The van der Waals surface area contributed by atoms with Crippen LogP contribution in [0.5, 0.6) is 0 Å². The van der Waals surface area contributed by atoms with E-state index in [1.165, 1.54) is 42.6 Å². The Bertz CT molecular complexity index is 1090. The van der Waals surface area contributed by atoms with Crippen LogP contribution in [0, 0.1) is 5.82 Å². The van der Waals surface area contributed by atoms with Gasteiger partial charge in [0.25, 0.3) is 5.91 Å². The van der Waals surface area contributed by atoms with Crippen LogP contribution in [0.4, 0.5) is 34.8 Å². The Morgan fingerprint density at radius 3 is 2.42 bits per heavy atom. The number of rotatable bonds is 6. The van der Waals surface area contributed by atoms with Crippen molar-refractivity contribution in [2.24, 2.45) is 0 Å². The molecule has 0 aliphatic carbocycles. The molecule has 1 heterocycles. The number of esters is 1. The van der Waals surface area contributed by atoms with E-state index in [4.69, 9.17) is 4.74 Å². The van der Waals surface area contributed by atoms with Gasteiger partial charge in [0.15, 0.2) is 6.61 Å². The number of hydrogen-bond donors (Lipinski definition) is 2. The summed E-state index contributed by atoms with van der Waals surface area (Å²) in [5.74, 6) is -2.07. The number of amides is 1. The van der Waals surface area contributed by atoms with Gasteiger partial charge in [0.05, 0.1) is 5.56 Å². The highest BCUT2D eigenvalue weighted by molar-refractivity contribution is 5.98. The number of nitrogens with one attached hydrogen (secondary N) is 2. The van der Waals surface area contributed by atoms with Gasteiger partial charge >= 0.3 is 12.1 Å². The van der Waals surface area contributed by atoms with E-state index in [1.807, 2.05) is 0 Å². The number of carbonyl (C=O) groups is 2. The van der Waals surface area contributed by atoms with Gasteiger partial charge in [0, 0.05) is 17.6 Å². The number of benzene rings is 2. The van der Waals surface area contributed by atoms with Crippen LogP contribution in [0.2, 0.25) is 0 Å². The van der Waals surface area contributed by atoms with E-state index in [1.54, 1.807) is 0 Å². The van der Waals surface area contributed by atoms with Crippen molar-refractivity contribution in [2.75, 3.05) is 17.2 Å². The van der Waals surface area contributed by atoms with Crippen LogP contribution in [-0.2, 0) is 15.7 Å². The third-order valence-electron chi connectivity index (χ3n) is 3.94. The van der Waals surface area contributed by atoms with E-state index in [0.29, 0.717) is 5.69 Å². The highest BCUT2D eigenvalue weighted by atomic mass is 19.4. The summed E-state index contributed by atoms with van der Waals surface area (Å²) in [6, 6.07) is 12.2. The van der Waals surface area contributed by atoms with Crippen molar-refractivity contribution in [2.45, 2.75) is 6.18 Å². The molecule has 0 radical (unpaired) electrons. The van der Waals surface area contributed by atoms with Crippen LogP contribution in [0.1, 0.15) is 15.9 Å². The zero-order valence-electron chi connectivity index (χ0n) is 15.7. The summed E-state index contributed by atoms with van der Waals surface area (Å²) in [6.07, 6.45) is -3.19. The van der Waals surface area contributed by atoms with Gasteiger partial charge in [-0.2, -0.15) is 13.2 Å². The normalized spacial score (nSPS) is 11.0. The molecule has 0 saturated heterocycles. The smallest absolute Gasteiger partial charge is 0.416 e. The van der Waals surface area contributed by atoms with Gasteiger partial charge in [-0.05, 0) is 54.6 Å². The quantitative estimate of drug-likeness (QED) is 0.432. The molecule has 6 nitrogen and oxygen atoms in total. The van der Waals surface area contributed by atoms with E-state index in [9.17, 15) is 27.2 Å². The predicted molar refractivity (Wildman–Crippen MR) is 104 cm³/mol. The molecular weight excluding hydrogens is 418 g/mol. The monoisotopic (exact) mass is 433 g/mol. The number of hydrogen-bond acceptors (Lipinski definition) is 5. The second-order valence-corrected chi connectivity index (χ2v) is 6.23. The molecule has 0 saturated carbocycles. The van der Waals surface area contributed by atoms with Crippen molar-refractivity contribution in [1.82, 2.24) is 4.98 Å². The Morgan fingerprint density at radius 1 is 0.968 bits per heavy atom. The number of anilines is 3. The highest BCUT2D eigenvalue weighted by Gasteiger charge is 2.30. The molecule has 0 aliphatic rings. The molecule has 2 aromatic carbocycles. The third-order valence-corrected chi connectivity index (χ3v) is 3.94. The van der Waals surface area contributed by atoms with E-state index in [0.717, 1.165) is 24.3 Å². The molecule has 31 heavy (non-hydrogen) atoms. The molecular formula is C21H15F4N3O3. The summed E-state index contributed by atoms with van der Waals surface area (Å²) >= 11 is 0. The van der Waals surface area contributed by atoms with Crippen molar-refractivity contribution in [3.63, 3.8) is 0 Å². The molecule has 160 valence electrons. The van der Waals surface area contributed by atoms with Crippen LogP contribution in [0.3, 0.4) is 0 Å². The number of carbonyl (C=O) groups excluding carboxylic acids is 2. The maximum Gasteiger partial charge on any atom is 0.416 e. The van der Waals surface area contributed by atoms with Crippen molar-refractivity contribution < 1.29 is 31.9 Å². The first-order chi connectivity index (χ1) is 14.7. The van der Waals surface area contributed by atoms with Crippen LogP contribution in [-0.4, -0.2) is 23.5 Å². The second-order valence-electron chi connectivity index (χ2n) is 6.23. The molecule has 0 aliphatic heterocycles. The number of nitrogens with zero attached hydrogens (tertiary/aromatic N) is 1. The van der Waals surface area contributed by atoms with Crippen molar-refractivity contribution in [3.05, 3.63) is 83.8 Å². The van der Waals surface area contributed by atoms with Crippen LogP contribution >= 0.6 is 0 Å². The fourth-order valence-corrected chi connectivity index (χ4v) is 2.52. The van der Waals surface area contributed by atoms with Gasteiger partial charge in [0.1, 0.15) is 17.2 Å². The van der Waals surface area contributed by atoms with Gasteiger partial charge in [-0.25, -0.2) is 14.2 Å². The lowest BCUT2D eigenvalue weighted by atomic mass is 10.2. The van der Waals surface area contributed by atoms with E-state index in [2.05, 4.69) is 15.6 Å². The van der Waals surface area contributed by atoms with Gasteiger partial charge in [-0.1, -0.05) is 6.07 Å². The number of pyridine rings is 1. The van der Waals surface area contributed by atoms with Crippen molar-refractivity contribution >= 4 is 29.1 Å². The first-order valence-electron chi connectivity index (χ1n) is 8.84. The minimum atomic E-state index is -4.53. The fourth-order valence-electron chi connectivity index (χ4n) is 2.52. The highest BCUT2D eigenvalue weighted by Crippen LogP contribution is 2.31. The Kier molecular flexibility index (Phi) is 6.49. The second kappa shape index (κ2) is 9.24. The van der Waals surface area contributed by atoms with Gasteiger partial charge in [0.2, 0.25) is 0 Å². The van der Waals surface area contributed by atoms with Crippen LogP contribution in [0.15, 0.2) is 66.9 Å². The van der Waals surface area contributed by atoms with Crippen LogP contribution < -0.4 is 10.6 Å². The maximum absolute atomic E-state index is 12.9. The molecule has 2 N–H and O–H groups in total. The predicted octanol–water partition coefficient (Wildman–Crippen LogP) is 4.78. The van der Waals surface area contributed by atoms with E-state index in [-0.39, 0.29) is 17.1 Å². The first-order valence-corrected chi connectivity index (χ1v) is 8.84. The summed E-state index contributed by atoms with van der Waals surface area (Å²) in [6.45, 7) is -0.631. The first kappa shape index (κ1) is 21.8. The molecule has 1 amide bonds. The largest absolute Gasteiger partial charge is 0.452 e. The Balaban J connectivity index is 1.66. The topological polar surface area (TPSA) is 80.3 Å². The number of ether oxygens (including phenoxy) is 1. The standard InChI is InChI=1S/C21H15F4N3O3/c22-14-6-8-15(9-7-14)27-18(29)12-31-20(30)17-5-2-10-26-19(17)28-16-4-1-3-13(11-16)21(23,24)25/h1-11H,12H2,(H,26,28)(H,27,29). The molecule has 0 spiro atoms. The number of aromatic nitrogens is 1. The summed E-state index contributed by atoms with van der Waals surface area (Å²) in [7, 11) is 0. The molecule has 0 bridgehead atoms. The number of alkyl halides is 3. The zero-order chi connectivity index (χ0) is 22.4. The molecule has 3 rings (SSSR count). The average Bonchev–Trinajstić information content (AvgIpc) is 2.74. The average molecular weight is 433 g/mol. The Labute approximate surface area is 173 Å². The third kappa shape index (κ3) is 6.01. The molecule has 0 unspecified atom stereocenters. The van der Waals surface area contributed by atoms with Gasteiger partial charge in [-0.15, -0.1) is 0 Å². The van der Waals surface area contributed by atoms with Gasteiger partial charge in [-0.3, -0.25) is 4.79 Å². The van der Waals surface area contributed by atoms with Crippen molar-refractivity contribution in [1.29, 1.82) is 0 Å². The van der Waals surface area contributed by atoms with Crippen molar-refractivity contribution in [3.8, 4) is 0 Å². The lowest BCUT2D eigenvalue weighted by Crippen LogP contribution is -2.21. The maximum atomic E-state index is 12.9. The molecule has 3 aromatic rings. The lowest BCUT2D eigenvalue weighted by Gasteiger charge is -2.13. The summed E-state index contributed by atoms with van der Waals surface area (Å²) in [4.78, 5) is 28.3. The Hall–Kier alpha value is -3.95. The SMILES string of the molecule is O=C(COC(=O)c1cccnc1Nc1cccc(C(F)(F)F)c1)Nc1ccc(F)cc1.